The van der Waals surface area contributed by atoms with Gasteiger partial charge in [0.15, 0.2) is 0 Å². The maximum atomic E-state index is 13.2. The van der Waals surface area contributed by atoms with Gasteiger partial charge in [-0.05, 0) is 56.7 Å². The molecule has 3 rings (SSSR count). The van der Waals surface area contributed by atoms with E-state index in [2.05, 4.69) is 0 Å². The van der Waals surface area contributed by atoms with Gasteiger partial charge in [0.05, 0.1) is 16.5 Å². The summed E-state index contributed by atoms with van der Waals surface area (Å²) in [6.45, 7) is 3.81. The van der Waals surface area contributed by atoms with Crippen LogP contribution in [0.5, 0.6) is 0 Å². The highest BCUT2D eigenvalue weighted by molar-refractivity contribution is 7.89. The minimum Gasteiger partial charge on any atom is -0.207 e. The van der Waals surface area contributed by atoms with Crippen molar-refractivity contribution >= 4 is 10.0 Å². The molecule has 0 spiro atoms. The lowest BCUT2D eigenvalue weighted by Gasteiger charge is -2.32. The highest BCUT2D eigenvalue weighted by Gasteiger charge is 2.46. The predicted octanol–water partition coefficient (Wildman–Crippen LogP) is 3.21. The van der Waals surface area contributed by atoms with Gasteiger partial charge in [0.2, 0.25) is 10.0 Å². The second kappa shape index (κ2) is 5.68. The summed E-state index contributed by atoms with van der Waals surface area (Å²) in [5.41, 5.74) is 1.11. The molecule has 4 nitrogen and oxygen atoms in total. The van der Waals surface area contributed by atoms with Crippen LogP contribution < -0.4 is 0 Å². The van der Waals surface area contributed by atoms with Crippen molar-refractivity contribution in [1.29, 1.82) is 5.26 Å². The van der Waals surface area contributed by atoms with Gasteiger partial charge in [-0.15, -0.1) is 0 Å². The van der Waals surface area contributed by atoms with Crippen LogP contribution in [0.15, 0.2) is 23.1 Å². The number of benzene rings is 1. The van der Waals surface area contributed by atoms with Crippen LogP contribution in [-0.4, -0.2) is 24.8 Å². The van der Waals surface area contributed by atoms with E-state index in [0.29, 0.717) is 21.9 Å². The quantitative estimate of drug-likeness (QED) is 0.841. The molecular formula is C17H22N2O2S. The number of nitriles is 1. The van der Waals surface area contributed by atoms with Gasteiger partial charge in [-0.3, -0.25) is 0 Å². The van der Waals surface area contributed by atoms with Gasteiger partial charge in [-0.1, -0.05) is 18.9 Å². The van der Waals surface area contributed by atoms with Gasteiger partial charge < -0.3 is 0 Å². The molecule has 5 heteroatoms. The molecule has 0 bridgehead atoms. The van der Waals surface area contributed by atoms with Crippen molar-refractivity contribution in [3.63, 3.8) is 0 Å². The van der Waals surface area contributed by atoms with Crippen LogP contribution in [0.1, 0.15) is 50.2 Å². The van der Waals surface area contributed by atoms with E-state index in [1.807, 2.05) is 13.0 Å². The summed E-state index contributed by atoms with van der Waals surface area (Å²) in [5, 5.41) is 9.06. The standard InChI is InChI=1S/C17H22N2O2S/c1-12-7-8-14(11-18)10-17(12)22(20,21)19-13(2)9-15-5-3-4-6-16(15)19/h7-8,10,13,15-16H,3-6,9H2,1-2H3/t13-,15+,16-/m1/s1. The Morgan fingerprint density at radius 3 is 2.73 bits per heavy atom. The molecule has 1 aromatic rings. The van der Waals surface area contributed by atoms with Crippen molar-refractivity contribution in [2.24, 2.45) is 5.92 Å². The van der Waals surface area contributed by atoms with Gasteiger partial charge in [-0.2, -0.15) is 9.57 Å². The lowest BCUT2D eigenvalue weighted by molar-refractivity contribution is 0.248. The van der Waals surface area contributed by atoms with Crippen LogP contribution in [0.3, 0.4) is 0 Å². The van der Waals surface area contributed by atoms with E-state index in [0.717, 1.165) is 25.7 Å². The Morgan fingerprint density at radius 2 is 2.00 bits per heavy atom. The Hall–Kier alpha value is -1.38. The first-order valence-corrected chi connectivity index (χ1v) is 9.43. The zero-order valence-corrected chi connectivity index (χ0v) is 13.9. The van der Waals surface area contributed by atoms with Crippen LogP contribution in [0.2, 0.25) is 0 Å². The summed E-state index contributed by atoms with van der Waals surface area (Å²) >= 11 is 0. The van der Waals surface area contributed by atoms with Crippen LogP contribution >= 0.6 is 0 Å². The molecule has 1 aromatic carbocycles. The van der Waals surface area contributed by atoms with Crippen molar-refractivity contribution < 1.29 is 8.42 Å². The summed E-state index contributed by atoms with van der Waals surface area (Å²) < 4.78 is 28.1. The van der Waals surface area contributed by atoms with E-state index in [-0.39, 0.29) is 12.1 Å². The van der Waals surface area contributed by atoms with Crippen molar-refractivity contribution in [2.45, 2.75) is 62.9 Å². The van der Waals surface area contributed by atoms with Crippen LogP contribution in [0.4, 0.5) is 0 Å². The maximum absolute atomic E-state index is 13.2. The average Bonchev–Trinajstić information content (AvgIpc) is 2.84. The Kier molecular flexibility index (Phi) is 4.00. The van der Waals surface area contributed by atoms with E-state index in [4.69, 9.17) is 5.26 Å². The first-order chi connectivity index (χ1) is 10.4. The largest absolute Gasteiger partial charge is 0.243 e. The molecule has 0 radical (unpaired) electrons. The van der Waals surface area contributed by atoms with Crippen molar-refractivity contribution in [3.05, 3.63) is 29.3 Å². The molecule has 3 atom stereocenters. The normalized spacial score (nSPS) is 29.0. The Bertz CT molecular complexity index is 721. The summed E-state index contributed by atoms with van der Waals surface area (Å²) in [6.07, 6.45) is 5.38. The van der Waals surface area contributed by atoms with Crippen LogP contribution in [0.25, 0.3) is 0 Å². The zero-order valence-electron chi connectivity index (χ0n) is 13.1. The monoisotopic (exact) mass is 318 g/mol. The Morgan fingerprint density at radius 1 is 1.27 bits per heavy atom. The summed E-state index contributed by atoms with van der Waals surface area (Å²) in [6, 6.07) is 7.14. The summed E-state index contributed by atoms with van der Waals surface area (Å²) in [4.78, 5) is 0.296. The lowest BCUT2D eigenvalue weighted by Crippen LogP contribution is -2.42. The molecule has 1 aliphatic heterocycles. The van der Waals surface area contributed by atoms with Crippen molar-refractivity contribution in [3.8, 4) is 6.07 Å². The number of sulfonamides is 1. The molecule has 0 aromatic heterocycles. The minimum atomic E-state index is -3.54. The number of hydrogen-bond donors (Lipinski definition) is 0. The number of rotatable bonds is 2. The highest BCUT2D eigenvalue weighted by Crippen LogP contribution is 2.42. The fraction of sp³-hybridized carbons (Fsp3) is 0.588. The molecule has 1 saturated carbocycles. The van der Waals surface area contributed by atoms with Gasteiger partial charge in [-0.25, -0.2) is 8.42 Å². The smallest absolute Gasteiger partial charge is 0.207 e. The third kappa shape index (κ3) is 2.45. The van der Waals surface area contributed by atoms with E-state index >= 15 is 0 Å². The molecule has 1 heterocycles. The molecule has 2 aliphatic rings. The van der Waals surface area contributed by atoms with Gasteiger partial charge in [0.1, 0.15) is 0 Å². The number of aryl methyl sites for hydroxylation is 1. The van der Waals surface area contributed by atoms with Gasteiger partial charge in [0.25, 0.3) is 0 Å². The second-order valence-corrected chi connectivity index (χ2v) is 8.44. The Labute approximate surface area is 132 Å². The van der Waals surface area contributed by atoms with Crippen molar-refractivity contribution in [1.82, 2.24) is 4.31 Å². The first-order valence-electron chi connectivity index (χ1n) is 7.99. The number of hydrogen-bond acceptors (Lipinski definition) is 3. The predicted molar refractivity (Wildman–Crippen MR) is 84.7 cm³/mol. The van der Waals surface area contributed by atoms with Crippen molar-refractivity contribution in [2.75, 3.05) is 0 Å². The highest BCUT2D eigenvalue weighted by atomic mass is 32.2. The zero-order chi connectivity index (χ0) is 15.9. The minimum absolute atomic E-state index is 0.0447. The van der Waals surface area contributed by atoms with E-state index in [1.54, 1.807) is 23.4 Å². The van der Waals surface area contributed by atoms with E-state index in [9.17, 15) is 8.42 Å². The topological polar surface area (TPSA) is 61.2 Å². The fourth-order valence-corrected chi connectivity index (χ4v) is 6.32. The Balaban J connectivity index is 2.04. The molecule has 1 saturated heterocycles. The average molecular weight is 318 g/mol. The molecule has 2 fully saturated rings. The third-order valence-electron chi connectivity index (χ3n) is 5.15. The molecule has 118 valence electrons. The lowest BCUT2D eigenvalue weighted by atomic mass is 9.85. The molecule has 0 N–H and O–H groups in total. The fourth-order valence-electron chi connectivity index (χ4n) is 4.14. The summed E-state index contributed by atoms with van der Waals surface area (Å²) in [7, 11) is -3.54. The first kappa shape index (κ1) is 15.5. The molecule has 22 heavy (non-hydrogen) atoms. The molecule has 1 aliphatic carbocycles. The molecule has 0 amide bonds. The third-order valence-corrected chi connectivity index (χ3v) is 7.33. The number of fused-ring (bicyclic) bond motifs is 1. The molecular weight excluding hydrogens is 296 g/mol. The van der Waals surface area contributed by atoms with E-state index < -0.39 is 10.0 Å². The molecule has 0 unspecified atom stereocenters. The number of nitrogens with zero attached hydrogens (tertiary/aromatic N) is 2. The summed E-state index contributed by atoms with van der Waals surface area (Å²) in [5.74, 6) is 0.498. The van der Waals surface area contributed by atoms with Gasteiger partial charge in [0, 0.05) is 12.1 Å². The van der Waals surface area contributed by atoms with E-state index in [1.165, 1.54) is 12.5 Å². The van der Waals surface area contributed by atoms with Crippen LogP contribution in [-0.2, 0) is 10.0 Å². The van der Waals surface area contributed by atoms with Gasteiger partial charge >= 0.3 is 0 Å². The SMILES string of the molecule is Cc1ccc(C#N)cc1S(=O)(=O)N1[C@H](C)C[C@@H]2CCCC[C@H]21. The second-order valence-electron chi connectivity index (χ2n) is 6.62. The maximum Gasteiger partial charge on any atom is 0.243 e. The van der Waals surface area contributed by atoms with Crippen LogP contribution in [0, 0.1) is 24.2 Å².